The van der Waals surface area contributed by atoms with Crippen molar-refractivity contribution in [1.29, 1.82) is 0 Å². The van der Waals surface area contributed by atoms with E-state index < -0.39 is 0 Å². The van der Waals surface area contributed by atoms with Crippen LogP contribution in [0.1, 0.15) is 10.5 Å². The summed E-state index contributed by atoms with van der Waals surface area (Å²) < 4.78 is 6.01. The summed E-state index contributed by atoms with van der Waals surface area (Å²) >= 11 is 3.38. The lowest BCUT2D eigenvalue weighted by atomic mass is 10.2. The highest BCUT2D eigenvalue weighted by molar-refractivity contribution is 9.10. The maximum Gasteiger partial charge on any atom is 0.166 e. The molecule has 1 aromatic carbocycles. The largest absolute Gasteiger partial charge is 0.496 e. The minimum absolute atomic E-state index is 0.570. The third-order valence-corrected chi connectivity index (χ3v) is 2.66. The number of halogens is 1. The van der Waals surface area contributed by atoms with Gasteiger partial charge in [0, 0.05) is 10.9 Å². The molecule has 0 aliphatic heterocycles. The number of aromatic nitrogens is 1. The summed E-state index contributed by atoms with van der Waals surface area (Å²) in [5.41, 5.74) is 1.49. The maximum absolute atomic E-state index is 10.5. The Hall–Kier alpha value is -1.29. The van der Waals surface area contributed by atoms with E-state index in [1.165, 1.54) is 0 Å². The number of carbonyl (C=O) groups is 1. The molecule has 0 unspecified atom stereocenters. The number of rotatable bonds is 2. The van der Waals surface area contributed by atoms with Crippen LogP contribution in [0.3, 0.4) is 0 Å². The van der Waals surface area contributed by atoms with Crippen molar-refractivity contribution >= 4 is 33.1 Å². The van der Waals surface area contributed by atoms with E-state index in [2.05, 4.69) is 20.9 Å². The van der Waals surface area contributed by atoms with E-state index in [0.29, 0.717) is 5.69 Å². The monoisotopic (exact) mass is 253 g/mol. The van der Waals surface area contributed by atoms with E-state index >= 15 is 0 Å². The molecule has 2 aromatic rings. The van der Waals surface area contributed by atoms with Crippen molar-refractivity contribution in [1.82, 2.24) is 4.98 Å². The summed E-state index contributed by atoms with van der Waals surface area (Å²) in [5, 5.41) is 0.965. The topological polar surface area (TPSA) is 42.1 Å². The molecule has 0 saturated heterocycles. The Morgan fingerprint density at radius 3 is 2.86 bits per heavy atom. The van der Waals surface area contributed by atoms with Crippen molar-refractivity contribution in [2.24, 2.45) is 0 Å². The van der Waals surface area contributed by atoms with Gasteiger partial charge in [0.05, 0.1) is 17.3 Å². The lowest BCUT2D eigenvalue weighted by Crippen LogP contribution is -1.83. The second-order valence-corrected chi connectivity index (χ2v) is 3.77. The van der Waals surface area contributed by atoms with Crippen molar-refractivity contribution in [3.05, 3.63) is 28.4 Å². The molecule has 14 heavy (non-hydrogen) atoms. The lowest BCUT2D eigenvalue weighted by Gasteiger charge is -2.02. The quantitative estimate of drug-likeness (QED) is 0.837. The molecule has 0 fully saturated rings. The van der Waals surface area contributed by atoms with E-state index in [9.17, 15) is 4.79 Å². The van der Waals surface area contributed by atoms with Crippen molar-refractivity contribution in [3.63, 3.8) is 0 Å². The first-order chi connectivity index (χ1) is 6.74. The summed E-state index contributed by atoms with van der Waals surface area (Å²) in [4.78, 5) is 13.5. The van der Waals surface area contributed by atoms with Crippen molar-refractivity contribution in [2.45, 2.75) is 0 Å². The van der Waals surface area contributed by atoms with Crippen LogP contribution < -0.4 is 4.74 Å². The molecule has 3 nitrogen and oxygen atoms in total. The smallest absolute Gasteiger partial charge is 0.166 e. The SMILES string of the molecule is COc1cc2cc(C=O)[nH]c2cc1Br. The fraction of sp³-hybridized carbons (Fsp3) is 0.100. The number of carbonyl (C=O) groups excluding carboxylic acids is 1. The van der Waals surface area contributed by atoms with Crippen LogP contribution in [0.25, 0.3) is 10.9 Å². The van der Waals surface area contributed by atoms with Gasteiger partial charge < -0.3 is 9.72 Å². The first-order valence-electron chi connectivity index (χ1n) is 4.06. The molecule has 0 spiro atoms. The van der Waals surface area contributed by atoms with Crippen LogP contribution in [0.2, 0.25) is 0 Å². The first-order valence-corrected chi connectivity index (χ1v) is 4.85. The van der Waals surface area contributed by atoms with Crippen LogP contribution in [0.15, 0.2) is 22.7 Å². The number of fused-ring (bicyclic) bond motifs is 1. The molecule has 0 aliphatic carbocycles. The average Bonchev–Trinajstić information content (AvgIpc) is 2.58. The molecule has 0 amide bonds. The number of hydrogen-bond acceptors (Lipinski definition) is 2. The normalized spacial score (nSPS) is 10.4. The highest BCUT2D eigenvalue weighted by Gasteiger charge is 2.05. The number of nitrogens with one attached hydrogen (secondary N) is 1. The average molecular weight is 254 g/mol. The number of methoxy groups -OCH3 is 1. The Kier molecular flexibility index (Phi) is 2.29. The maximum atomic E-state index is 10.5. The van der Waals surface area contributed by atoms with Gasteiger partial charge in [0.2, 0.25) is 0 Å². The number of H-pyrrole nitrogens is 1. The number of benzene rings is 1. The predicted octanol–water partition coefficient (Wildman–Crippen LogP) is 2.75. The summed E-state index contributed by atoms with van der Waals surface area (Å²) in [6, 6.07) is 5.56. The molecule has 1 heterocycles. The minimum atomic E-state index is 0.570. The Labute approximate surface area is 89.2 Å². The first kappa shape index (κ1) is 9.27. The number of hydrogen-bond donors (Lipinski definition) is 1. The van der Waals surface area contributed by atoms with Gasteiger partial charge in [-0.1, -0.05) is 0 Å². The number of aromatic amines is 1. The van der Waals surface area contributed by atoms with E-state index in [4.69, 9.17) is 4.74 Å². The Bertz CT molecular complexity index is 490. The standard InChI is InChI=1S/C10H8BrNO2/c1-14-10-3-6-2-7(5-13)12-9(6)4-8(10)11/h2-5,12H,1H3. The fourth-order valence-corrected chi connectivity index (χ4v) is 1.88. The van der Waals surface area contributed by atoms with Gasteiger partial charge in [-0.2, -0.15) is 0 Å². The molecule has 4 heteroatoms. The van der Waals surface area contributed by atoms with E-state index in [-0.39, 0.29) is 0 Å². The minimum Gasteiger partial charge on any atom is -0.496 e. The van der Waals surface area contributed by atoms with Crippen molar-refractivity contribution in [3.8, 4) is 5.75 Å². The molecular formula is C10H8BrNO2. The Morgan fingerprint density at radius 2 is 2.21 bits per heavy atom. The predicted molar refractivity (Wildman–Crippen MR) is 57.9 cm³/mol. The highest BCUT2D eigenvalue weighted by atomic mass is 79.9. The molecule has 0 aliphatic rings. The zero-order valence-electron chi connectivity index (χ0n) is 7.50. The second-order valence-electron chi connectivity index (χ2n) is 2.92. The van der Waals surface area contributed by atoms with Crippen LogP contribution in [0, 0.1) is 0 Å². The van der Waals surface area contributed by atoms with Gasteiger partial charge >= 0.3 is 0 Å². The third-order valence-electron chi connectivity index (χ3n) is 2.04. The number of aldehydes is 1. The summed E-state index contributed by atoms with van der Waals surface area (Å²) in [7, 11) is 1.61. The van der Waals surface area contributed by atoms with Crippen LogP contribution in [-0.4, -0.2) is 18.4 Å². The van der Waals surface area contributed by atoms with Gasteiger partial charge in [-0.3, -0.25) is 4.79 Å². The van der Waals surface area contributed by atoms with E-state index in [1.807, 2.05) is 12.1 Å². The molecule has 0 saturated carbocycles. The van der Waals surface area contributed by atoms with Gasteiger partial charge in [0.25, 0.3) is 0 Å². The Morgan fingerprint density at radius 1 is 1.43 bits per heavy atom. The molecule has 2 rings (SSSR count). The molecule has 0 bridgehead atoms. The molecule has 1 N–H and O–H groups in total. The second kappa shape index (κ2) is 3.46. The van der Waals surface area contributed by atoms with Crippen LogP contribution in [0.5, 0.6) is 5.75 Å². The van der Waals surface area contributed by atoms with Crippen LogP contribution in [-0.2, 0) is 0 Å². The van der Waals surface area contributed by atoms with E-state index in [1.54, 1.807) is 13.2 Å². The van der Waals surface area contributed by atoms with Gasteiger partial charge in [-0.15, -0.1) is 0 Å². The van der Waals surface area contributed by atoms with Crippen molar-refractivity contribution < 1.29 is 9.53 Å². The molecular weight excluding hydrogens is 246 g/mol. The van der Waals surface area contributed by atoms with Crippen molar-refractivity contribution in [2.75, 3.05) is 7.11 Å². The van der Waals surface area contributed by atoms with Crippen LogP contribution >= 0.6 is 15.9 Å². The van der Waals surface area contributed by atoms with Gasteiger partial charge in [0.15, 0.2) is 6.29 Å². The molecule has 1 aromatic heterocycles. The lowest BCUT2D eigenvalue weighted by molar-refractivity contribution is 0.112. The Balaban J connectivity index is 2.69. The van der Waals surface area contributed by atoms with E-state index in [0.717, 1.165) is 27.4 Å². The number of ether oxygens (including phenoxy) is 1. The fourth-order valence-electron chi connectivity index (χ4n) is 1.38. The molecule has 72 valence electrons. The summed E-state index contributed by atoms with van der Waals surface area (Å²) in [5.74, 6) is 0.758. The zero-order valence-corrected chi connectivity index (χ0v) is 9.09. The summed E-state index contributed by atoms with van der Waals surface area (Å²) in [6.07, 6.45) is 0.792. The zero-order chi connectivity index (χ0) is 10.1. The molecule has 0 radical (unpaired) electrons. The van der Waals surface area contributed by atoms with Gasteiger partial charge in [-0.25, -0.2) is 0 Å². The third kappa shape index (κ3) is 1.42. The van der Waals surface area contributed by atoms with Gasteiger partial charge in [-0.05, 0) is 34.1 Å². The van der Waals surface area contributed by atoms with Crippen LogP contribution in [0.4, 0.5) is 0 Å². The van der Waals surface area contributed by atoms with Gasteiger partial charge in [0.1, 0.15) is 5.75 Å². The highest BCUT2D eigenvalue weighted by Crippen LogP contribution is 2.30. The summed E-state index contributed by atoms with van der Waals surface area (Å²) in [6.45, 7) is 0. The molecule has 0 atom stereocenters.